The van der Waals surface area contributed by atoms with E-state index in [0.29, 0.717) is 0 Å². The topological polar surface area (TPSA) is 43.3 Å². The molecular weight excluding hydrogens is 302 g/mol. The molecule has 3 aromatic rings. The highest BCUT2D eigenvalue weighted by Gasteiger charge is 2.14. The minimum absolute atomic E-state index is 0.0923. The van der Waals surface area contributed by atoms with Crippen LogP contribution < -0.4 is 5.73 Å². The van der Waals surface area contributed by atoms with Crippen LogP contribution in [-0.4, -0.2) is 15.4 Å². The lowest BCUT2D eigenvalue weighted by atomic mass is 10.2. The zero-order valence-corrected chi connectivity index (χ0v) is 13.2. The Balaban J connectivity index is 2.02. The van der Waals surface area contributed by atoms with Gasteiger partial charge in [-0.1, -0.05) is 29.4 Å². The summed E-state index contributed by atoms with van der Waals surface area (Å²) >= 11 is 7.58. The predicted octanol–water partition coefficient (Wildman–Crippen LogP) is 4.03. The molecule has 0 radical (unpaired) electrons. The maximum absolute atomic E-state index is 5.99. The fraction of sp³-hybridized carbons (Fsp3) is 0.188. The molecule has 0 spiro atoms. The first-order valence-corrected chi connectivity index (χ1v) is 7.98. The van der Waals surface area contributed by atoms with Crippen LogP contribution in [0.2, 0.25) is 5.02 Å². The van der Waals surface area contributed by atoms with E-state index in [1.807, 2.05) is 55.6 Å². The number of imidazole rings is 1. The van der Waals surface area contributed by atoms with Crippen molar-refractivity contribution in [1.29, 1.82) is 0 Å². The Morgan fingerprint density at radius 3 is 2.71 bits per heavy atom. The van der Waals surface area contributed by atoms with E-state index >= 15 is 0 Å². The number of aromatic nitrogens is 2. The number of nitrogens with two attached hydrogens (primary N) is 1. The highest BCUT2D eigenvalue weighted by Crippen LogP contribution is 2.31. The van der Waals surface area contributed by atoms with E-state index in [1.54, 1.807) is 11.8 Å². The third-order valence-corrected chi connectivity index (χ3v) is 4.42. The predicted molar refractivity (Wildman–Crippen MR) is 88.1 cm³/mol. The van der Waals surface area contributed by atoms with Crippen molar-refractivity contribution in [3.63, 3.8) is 0 Å². The van der Waals surface area contributed by atoms with Crippen molar-refractivity contribution in [3.8, 4) is 0 Å². The number of hydrogen-bond acceptors (Lipinski definition) is 3. The Morgan fingerprint density at radius 1 is 1.24 bits per heavy atom. The normalized spacial score (nSPS) is 12.7. The van der Waals surface area contributed by atoms with Crippen molar-refractivity contribution >= 4 is 29.0 Å². The van der Waals surface area contributed by atoms with Gasteiger partial charge in [0.2, 0.25) is 0 Å². The van der Waals surface area contributed by atoms with Gasteiger partial charge in [-0.2, -0.15) is 0 Å². The van der Waals surface area contributed by atoms with Gasteiger partial charge in [0.15, 0.2) is 0 Å². The molecule has 3 nitrogen and oxygen atoms in total. The molecule has 21 heavy (non-hydrogen) atoms. The van der Waals surface area contributed by atoms with Crippen molar-refractivity contribution in [3.05, 3.63) is 59.4 Å². The van der Waals surface area contributed by atoms with Crippen molar-refractivity contribution in [2.24, 2.45) is 5.73 Å². The molecular formula is C16H16ClN3S. The van der Waals surface area contributed by atoms with Crippen molar-refractivity contribution < 1.29 is 0 Å². The fourth-order valence-corrected chi connectivity index (χ4v) is 3.27. The van der Waals surface area contributed by atoms with Gasteiger partial charge >= 0.3 is 0 Å². The summed E-state index contributed by atoms with van der Waals surface area (Å²) in [6.07, 6.45) is 2.83. The van der Waals surface area contributed by atoms with E-state index in [1.165, 1.54) is 0 Å². The van der Waals surface area contributed by atoms with E-state index in [-0.39, 0.29) is 6.04 Å². The molecule has 2 aromatic heterocycles. The first kappa shape index (κ1) is 14.4. The van der Waals surface area contributed by atoms with Crippen LogP contribution in [0.1, 0.15) is 12.6 Å². The van der Waals surface area contributed by atoms with Gasteiger partial charge in [0.25, 0.3) is 0 Å². The maximum atomic E-state index is 5.99. The van der Waals surface area contributed by atoms with Crippen LogP contribution >= 0.6 is 23.4 Å². The molecule has 1 unspecified atom stereocenters. The van der Waals surface area contributed by atoms with Crippen LogP contribution in [0, 0.1) is 0 Å². The molecule has 0 aliphatic rings. The molecule has 0 aliphatic carbocycles. The van der Waals surface area contributed by atoms with Gasteiger partial charge in [0.1, 0.15) is 10.7 Å². The number of benzene rings is 1. The van der Waals surface area contributed by atoms with Crippen LogP contribution in [-0.2, 0) is 6.42 Å². The Hall–Kier alpha value is -1.49. The van der Waals surface area contributed by atoms with Gasteiger partial charge in [0.05, 0.1) is 5.69 Å². The highest BCUT2D eigenvalue weighted by atomic mass is 35.5. The van der Waals surface area contributed by atoms with Gasteiger partial charge in [-0.15, -0.1) is 0 Å². The van der Waals surface area contributed by atoms with Crippen LogP contribution in [0.15, 0.2) is 58.6 Å². The largest absolute Gasteiger partial charge is 0.328 e. The Labute approximate surface area is 133 Å². The van der Waals surface area contributed by atoms with E-state index in [0.717, 1.165) is 32.7 Å². The standard InChI is InChI=1S/C16H16ClN3S/c1-11(18)10-14-16(19-15-4-2-3-9-20(14)15)21-13-7-5-12(17)6-8-13/h2-9,11H,10,18H2,1H3. The van der Waals surface area contributed by atoms with E-state index in [2.05, 4.69) is 4.40 Å². The summed E-state index contributed by atoms with van der Waals surface area (Å²) in [7, 11) is 0. The molecule has 2 heterocycles. The smallest absolute Gasteiger partial charge is 0.138 e. The fourth-order valence-electron chi connectivity index (χ4n) is 2.21. The molecule has 0 fully saturated rings. The molecule has 0 saturated heterocycles. The summed E-state index contributed by atoms with van der Waals surface area (Å²) in [4.78, 5) is 5.84. The number of hydrogen-bond donors (Lipinski definition) is 1. The average Bonchev–Trinajstić information content (AvgIpc) is 2.79. The Morgan fingerprint density at radius 2 is 2.00 bits per heavy atom. The summed E-state index contributed by atoms with van der Waals surface area (Å²) in [5.74, 6) is 0. The molecule has 2 N–H and O–H groups in total. The van der Waals surface area contributed by atoms with E-state index in [9.17, 15) is 0 Å². The van der Waals surface area contributed by atoms with Gasteiger partial charge in [-0.25, -0.2) is 4.98 Å². The minimum atomic E-state index is 0.0923. The average molecular weight is 318 g/mol. The second-order valence-corrected chi connectivity index (χ2v) is 6.53. The first-order chi connectivity index (χ1) is 10.1. The number of halogens is 1. The van der Waals surface area contributed by atoms with Crippen molar-refractivity contribution in [2.45, 2.75) is 29.3 Å². The molecule has 0 bridgehead atoms. The van der Waals surface area contributed by atoms with Crippen LogP contribution in [0.25, 0.3) is 5.65 Å². The minimum Gasteiger partial charge on any atom is -0.328 e. The molecule has 108 valence electrons. The van der Waals surface area contributed by atoms with Crippen molar-refractivity contribution in [2.75, 3.05) is 0 Å². The number of rotatable bonds is 4. The zero-order chi connectivity index (χ0) is 14.8. The molecule has 1 aromatic carbocycles. The third kappa shape index (κ3) is 3.23. The Bertz CT molecular complexity index is 750. The van der Waals surface area contributed by atoms with Crippen molar-refractivity contribution in [1.82, 2.24) is 9.38 Å². The third-order valence-electron chi connectivity index (χ3n) is 3.14. The van der Waals surface area contributed by atoms with E-state index in [4.69, 9.17) is 22.3 Å². The van der Waals surface area contributed by atoms with Crippen LogP contribution in [0.5, 0.6) is 0 Å². The molecule has 0 saturated carbocycles. The van der Waals surface area contributed by atoms with Gasteiger partial charge in [-0.05, 0) is 43.3 Å². The van der Waals surface area contributed by atoms with Crippen LogP contribution in [0.4, 0.5) is 0 Å². The lowest BCUT2D eigenvalue weighted by Crippen LogP contribution is -2.19. The summed E-state index contributed by atoms with van der Waals surface area (Å²) in [5, 5.41) is 1.74. The SMILES string of the molecule is CC(N)Cc1c(Sc2ccc(Cl)cc2)nc2ccccn12. The summed E-state index contributed by atoms with van der Waals surface area (Å²) < 4.78 is 2.11. The molecule has 1 atom stereocenters. The Kier molecular flexibility index (Phi) is 4.19. The van der Waals surface area contributed by atoms with E-state index < -0.39 is 0 Å². The van der Waals surface area contributed by atoms with Gasteiger partial charge < -0.3 is 10.1 Å². The van der Waals surface area contributed by atoms with Gasteiger partial charge in [0, 0.05) is 28.6 Å². The second-order valence-electron chi connectivity index (χ2n) is 5.03. The first-order valence-electron chi connectivity index (χ1n) is 6.78. The van der Waals surface area contributed by atoms with Gasteiger partial charge in [-0.3, -0.25) is 0 Å². The zero-order valence-electron chi connectivity index (χ0n) is 11.7. The molecule has 0 amide bonds. The summed E-state index contributed by atoms with van der Waals surface area (Å²) in [5.41, 5.74) is 8.09. The second kappa shape index (κ2) is 6.10. The molecule has 0 aliphatic heterocycles. The highest BCUT2D eigenvalue weighted by molar-refractivity contribution is 7.99. The molecule has 5 heteroatoms. The number of pyridine rings is 1. The summed E-state index contributed by atoms with van der Waals surface area (Å²) in [6, 6.07) is 13.9. The number of nitrogens with zero attached hydrogens (tertiary/aromatic N) is 2. The lowest BCUT2D eigenvalue weighted by Gasteiger charge is -2.07. The summed E-state index contributed by atoms with van der Waals surface area (Å²) in [6.45, 7) is 2.01. The molecule has 3 rings (SSSR count). The lowest BCUT2D eigenvalue weighted by molar-refractivity contribution is 0.705. The monoisotopic (exact) mass is 317 g/mol. The van der Waals surface area contributed by atoms with Crippen LogP contribution in [0.3, 0.4) is 0 Å². The maximum Gasteiger partial charge on any atom is 0.138 e. The number of fused-ring (bicyclic) bond motifs is 1. The quantitative estimate of drug-likeness (QED) is 0.790.